The molecular weight excluding hydrogens is 410 g/mol. The molecule has 2 aromatic rings. The zero-order chi connectivity index (χ0) is 13.6. The maximum Gasteiger partial charge on any atom is 4.00 e. The third-order valence-corrected chi connectivity index (χ3v) is 2.96. The standard InChI is InChI=1S/2C9H7O.2ClH.Zr/c2*1-2-5-8(4-1)9-6-3-7-10-9;;;/h2*1,3-4,6-7H,2H2;2*1H;/q2*-1;;;+4/p-2. The molecular formula is C18H14Cl2O2Zr. The van der Waals surface area contributed by atoms with Gasteiger partial charge in [-0.25, -0.2) is 0 Å². The van der Waals surface area contributed by atoms with Crippen molar-refractivity contribution < 1.29 is 59.9 Å². The molecule has 2 aliphatic rings. The third-order valence-electron chi connectivity index (χ3n) is 2.96. The quantitative estimate of drug-likeness (QED) is 0.570. The Kier molecular flexibility index (Phi) is 11.0. The van der Waals surface area contributed by atoms with E-state index in [9.17, 15) is 0 Å². The van der Waals surface area contributed by atoms with E-state index in [0.29, 0.717) is 0 Å². The fraction of sp³-hybridized carbons (Fsp3) is 0.111. The van der Waals surface area contributed by atoms with Crippen LogP contribution in [0.4, 0.5) is 0 Å². The minimum atomic E-state index is 0. The molecule has 116 valence electrons. The van der Waals surface area contributed by atoms with E-state index in [-0.39, 0.29) is 51.0 Å². The van der Waals surface area contributed by atoms with Crippen LogP contribution in [0.5, 0.6) is 0 Å². The minimum absolute atomic E-state index is 0. The van der Waals surface area contributed by atoms with Crippen molar-refractivity contribution >= 4 is 11.1 Å². The van der Waals surface area contributed by atoms with Crippen LogP contribution in [0.15, 0.2) is 69.9 Å². The van der Waals surface area contributed by atoms with Gasteiger partial charge in [-0.1, -0.05) is 25.0 Å². The fourth-order valence-corrected chi connectivity index (χ4v) is 2.01. The first-order valence-corrected chi connectivity index (χ1v) is 6.56. The Morgan fingerprint density at radius 3 is 1.43 bits per heavy atom. The average molecular weight is 424 g/mol. The number of hydrogen-bond donors (Lipinski definition) is 0. The molecule has 0 N–H and O–H groups in total. The van der Waals surface area contributed by atoms with Gasteiger partial charge in [0, 0.05) is 11.5 Å². The molecule has 0 aliphatic heterocycles. The number of allylic oxidation sites excluding steroid dienone is 8. The summed E-state index contributed by atoms with van der Waals surface area (Å²) in [4.78, 5) is 0. The summed E-state index contributed by atoms with van der Waals surface area (Å²) in [5, 5.41) is 0. The second-order valence-corrected chi connectivity index (χ2v) is 4.35. The van der Waals surface area contributed by atoms with Crippen molar-refractivity contribution in [2.75, 3.05) is 0 Å². The molecule has 2 aliphatic carbocycles. The van der Waals surface area contributed by atoms with Crippen LogP contribution in [0.2, 0.25) is 0 Å². The Labute approximate surface area is 168 Å². The molecule has 0 aromatic carbocycles. The molecule has 2 nitrogen and oxygen atoms in total. The summed E-state index contributed by atoms with van der Waals surface area (Å²) in [5.74, 6) is 1.82. The number of furan rings is 2. The molecule has 2 aromatic heterocycles. The van der Waals surface area contributed by atoms with Gasteiger partial charge in [-0.15, -0.1) is 12.2 Å². The molecule has 0 spiro atoms. The Hall–Kier alpha value is -1.02. The van der Waals surface area contributed by atoms with Crippen molar-refractivity contribution in [3.63, 3.8) is 0 Å². The van der Waals surface area contributed by atoms with Crippen LogP contribution in [0.3, 0.4) is 0 Å². The molecule has 23 heavy (non-hydrogen) atoms. The van der Waals surface area contributed by atoms with E-state index >= 15 is 0 Å². The zero-order valence-electron chi connectivity index (χ0n) is 12.3. The first kappa shape index (κ1) is 22.0. The van der Waals surface area contributed by atoms with Gasteiger partial charge in [-0.05, 0) is 12.1 Å². The Morgan fingerprint density at radius 2 is 1.17 bits per heavy atom. The van der Waals surface area contributed by atoms with Crippen molar-refractivity contribution in [2.45, 2.75) is 12.8 Å². The molecule has 2 heterocycles. The third kappa shape index (κ3) is 6.18. The minimum Gasteiger partial charge on any atom is -1.00 e. The summed E-state index contributed by atoms with van der Waals surface area (Å²) in [6, 6.07) is 7.66. The van der Waals surface area contributed by atoms with Crippen molar-refractivity contribution in [2.24, 2.45) is 0 Å². The molecule has 0 atom stereocenters. The van der Waals surface area contributed by atoms with Gasteiger partial charge in [0.05, 0.1) is 12.5 Å². The monoisotopic (exact) mass is 422 g/mol. The van der Waals surface area contributed by atoms with Crippen LogP contribution >= 0.6 is 0 Å². The van der Waals surface area contributed by atoms with E-state index in [2.05, 4.69) is 24.3 Å². The fourth-order valence-electron chi connectivity index (χ4n) is 2.01. The maximum absolute atomic E-state index is 5.17. The normalized spacial score (nSPS) is 13.7. The summed E-state index contributed by atoms with van der Waals surface area (Å²) in [6.07, 6.45) is 19.7. The average Bonchev–Trinajstić information content (AvgIpc) is 3.29. The SMILES string of the molecule is [C-]1=C(c2ccco2)C=CC1.[C-]1=C(c2ccco2)C=CC1.[Cl-].[Cl-].[Zr+4]. The predicted octanol–water partition coefficient (Wildman–Crippen LogP) is -1.14. The van der Waals surface area contributed by atoms with Crippen LogP contribution in [-0.2, 0) is 26.2 Å². The van der Waals surface area contributed by atoms with Gasteiger partial charge in [-0.3, -0.25) is 0 Å². The van der Waals surface area contributed by atoms with Gasteiger partial charge < -0.3 is 33.6 Å². The van der Waals surface area contributed by atoms with Crippen molar-refractivity contribution in [3.8, 4) is 0 Å². The van der Waals surface area contributed by atoms with Crippen LogP contribution in [0.1, 0.15) is 24.4 Å². The number of halogens is 2. The van der Waals surface area contributed by atoms with E-state index in [1.165, 1.54) is 0 Å². The topological polar surface area (TPSA) is 26.3 Å². The molecule has 0 amide bonds. The van der Waals surface area contributed by atoms with Gasteiger partial charge in [0.1, 0.15) is 0 Å². The largest absolute Gasteiger partial charge is 4.00 e. The van der Waals surface area contributed by atoms with Gasteiger partial charge in [-0.2, -0.15) is 35.5 Å². The van der Waals surface area contributed by atoms with Gasteiger partial charge in [0.2, 0.25) is 0 Å². The summed E-state index contributed by atoms with van der Waals surface area (Å²) in [7, 11) is 0. The first-order chi connectivity index (χ1) is 9.93. The van der Waals surface area contributed by atoms with Crippen molar-refractivity contribution in [1.29, 1.82) is 0 Å². The molecule has 5 heteroatoms. The zero-order valence-corrected chi connectivity index (χ0v) is 16.2. The summed E-state index contributed by atoms with van der Waals surface area (Å²) in [5.41, 5.74) is 2.15. The second-order valence-electron chi connectivity index (χ2n) is 4.35. The van der Waals surface area contributed by atoms with Crippen LogP contribution < -0.4 is 24.8 Å². The smallest absolute Gasteiger partial charge is 1.00 e. The van der Waals surface area contributed by atoms with E-state index in [1.807, 2.05) is 36.4 Å². The molecule has 0 unspecified atom stereocenters. The summed E-state index contributed by atoms with van der Waals surface area (Å²) in [6.45, 7) is 0. The van der Waals surface area contributed by atoms with E-state index in [1.54, 1.807) is 12.5 Å². The molecule has 0 fully saturated rings. The van der Waals surface area contributed by atoms with E-state index < -0.39 is 0 Å². The van der Waals surface area contributed by atoms with E-state index in [4.69, 9.17) is 8.83 Å². The van der Waals surface area contributed by atoms with Crippen molar-refractivity contribution in [3.05, 3.63) is 84.8 Å². The Balaban J connectivity index is 0.000000372. The van der Waals surface area contributed by atoms with E-state index in [0.717, 1.165) is 35.5 Å². The second kappa shape index (κ2) is 11.5. The van der Waals surface area contributed by atoms with Gasteiger partial charge in [0.25, 0.3) is 0 Å². The van der Waals surface area contributed by atoms with Crippen molar-refractivity contribution in [1.82, 2.24) is 0 Å². The molecule has 4 rings (SSSR count). The summed E-state index contributed by atoms with van der Waals surface area (Å²) < 4.78 is 10.3. The number of hydrogen-bond acceptors (Lipinski definition) is 2. The van der Waals surface area contributed by atoms with Crippen LogP contribution in [0.25, 0.3) is 11.1 Å². The van der Waals surface area contributed by atoms with Crippen LogP contribution in [-0.4, -0.2) is 0 Å². The first-order valence-electron chi connectivity index (χ1n) is 6.56. The molecule has 0 bridgehead atoms. The molecule has 0 saturated heterocycles. The Bertz CT molecular complexity index is 606. The summed E-state index contributed by atoms with van der Waals surface area (Å²) >= 11 is 0. The molecule has 0 saturated carbocycles. The number of rotatable bonds is 2. The maximum atomic E-state index is 5.17. The van der Waals surface area contributed by atoms with Gasteiger partial charge in [0.15, 0.2) is 0 Å². The van der Waals surface area contributed by atoms with Gasteiger partial charge >= 0.3 is 26.2 Å². The Morgan fingerprint density at radius 1 is 0.739 bits per heavy atom. The predicted molar refractivity (Wildman–Crippen MR) is 78.2 cm³/mol. The van der Waals surface area contributed by atoms with Crippen LogP contribution in [0, 0.1) is 12.2 Å². The molecule has 0 radical (unpaired) electrons.